The highest BCUT2D eigenvalue weighted by Crippen LogP contribution is 2.17. The minimum atomic E-state index is -0.708. The molecule has 0 atom stereocenters. The first-order chi connectivity index (χ1) is 9.99. The van der Waals surface area contributed by atoms with E-state index in [1.165, 1.54) is 6.07 Å². The average Bonchev–Trinajstić information content (AvgIpc) is 2.42. The van der Waals surface area contributed by atoms with Crippen LogP contribution in [0.4, 0.5) is 20.3 Å². The first-order valence-corrected chi connectivity index (χ1v) is 6.52. The number of benzene rings is 1. The van der Waals surface area contributed by atoms with Crippen LogP contribution in [0.5, 0.6) is 0 Å². The van der Waals surface area contributed by atoms with Crippen molar-refractivity contribution >= 4 is 17.4 Å². The van der Waals surface area contributed by atoms with Crippen molar-refractivity contribution in [3.63, 3.8) is 0 Å². The zero-order chi connectivity index (χ0) is 15.4. The molecule has 0 unspecified atom stereocenters. The number of carbonyl (C=O) groups is 1. The summed E-state index contributed by atoms with van der Waals surface area (Å²) in [4.78, 5) is 16.2. The third-order valence-corrected chi connectivity index (χ3v) is 2.84. The molecule has 2 aromatic rings. The molecule has 0 radical (unpaired) electrons. The summed E-state index contributed by atoms with van der Waals surface area (Å²) in [6.45, 7) is 1.98. The number of hydrogen-bond acceptors (Lipinski definition) is 3. The van der Waals surface area contributed by atoms with E-state index in [9.17, 15) is 13.6 Å². The highest BCUT2D eigenvalue weighted by molar-refractivity contribution is 6.04. The van der Waals surface area contributed by atoms with Crippen molar-refractivity contribution in [3.8, 4) is 0 Å². The van der Waals surface area contributed by atoms with Gasteiger partial charge in [-0.3, -0.25) is 4.79 Å². The molecule has 110 valence electrons. The normalized spacial score (nSPS) is 10.4. The van der Waals surface area contributed by atoms with Crippen LogP contribution in [-0.4, -0.2) is 10.9 Å². The van der Waals surface area contributed by atoms with Crippen molar-refractivity contribution in [1.82, 2.24) is 4.98 Å². The van der Waals surface area contributed by atoms with Crippen LogP contribution < -0.4 is 11.1 Å². The lowest BCUT2D eigenvalue weighted by molar-refractivity contribution is 0.102. The Morgan fingerprint density at radius 1 is 1.29 bits per heavy atom. The molecule has 0 aliphatic rings. The maximum absolute atomic E-state index is 13.5. The third-order valence-electron chi connectivity index (χ3n) is 2.84. The molecular weight excluding hydrogens is 276 g/mol. The number of amides is 1. The van der Waals surface area contributed by atoms with Crippen molar-refractivity contribution < 1.29 is 13.6 Å². The lowest BCUT2D eigenvalue weighted by Gasteiger charge is -2.08. The van der Waals surface area contributed by atoms with Gasteiger partial charge in [0, 0.05) is 17.3 Å². The Morgan fingerprint density at radius 2 is 2.05 bits per heavy atom. The summed E-state index contributed by atoms with van der Waals surface area (Å²) in [7, 11) is 0. The molecule has 1 amide bonds. The number of nitrogens with two attached hydrogens (primary N) is 1. The number of nitrogens with zero attached hydrogens (tertiary/aromatic N) is 1. The summed E-state index contributed by atoms with van der Waals surface area (Å²) in [6, 6.07) is 5.84. The first kappa shape index (κ1) is 14.9. The van der Waals surface area contributed by atoms with Crippen molar-refractivity contribution in [2.75, 3.05) is 11.1 Å². The van der Waals surface area contributed by atoms with Crippen LogP contribution in [0, 0.1) is 11.6 Å². The fraction of sp³-hybridized carbons (Fsp3) is 0.200. The molecular formula is C15H15F2N3O. The van der Waals surface area contributed by atoms with Crippen LogP contribution in [0.25, 0.3) is 0 Å². The van der Waals surface area contributed by atoms with Crippen LogP contribution in [0.15, 0.2) is 30.3 Å². The quantitative estimate of drug-likeness (QED) is 0.909. The summed E-state index contributed by atoms with van der Waals surface area (Å²) in [6.07, 6.45) is 1.54. The number of anilines is 2. The Kier molecular flexibility index (Phi) is 4.47. The van der Waals surface area contributed by atoms with Crippen LogP contribution in [0.3, 0.4) is 0 Å². The maximum Gasteiger partial charge on any atom is 0.255 e. The highest BCUT2D eigenvalue weighted by Gasteiger charge is 2.12. The molecule has 0 saturated heterocycles. The van der Waals surface area contributed by atoms with Gasteiger partial charge in [-0.1, -0.05) is 13.3 Å². The van der Waals surface area contributed by atoms with Gasteiger partial charge in [0.1, 0.15) is 17.5 Å². The Hall–Kier alpha value is -2.50. The fourth-order valence-corrected chi connectivity index (χ4v) is 1.91. The SMILES string of the molecule is CCCc1cc(C(=O)Nc2cc(F)ccc2F)cc(N)n1. The standard InChI is InChI=1S/C15H15F2N3O/c1-2-3-11-6-9(7-14(18)19-11)15(21)20-13-8-10(16)4-5-12(13)17/h4-8H,2-3H2,1H3,(H2,18,19)(H,20,21). The Balaban J connectivity index is 2.25. The van der Waals surface area contributed by atoms with Crippen LogP contribution >= 0.6 is 0 Å². The molecule has 21 heavy (non-hydrogen) atoms. The van der Waals surface area contributed by atoms with Gasteiger partial charge < -0.3 is 11.1 Å². The number of hydrogen-bond donors (Lipinski definition) is 2. The summed E-state index contributed by atoms with van der Waals surface area (Å²) in [5.74, 6) is -1.69. The smallest absolute Gasteiger partial charge is 0.255 e. The highest BCUT2D eigenvalue weighted by atomic mass is 19.1. The molecule has 4 nitrogen and oxygen atoms in total. The number of nitrogens with one attached hydrogen (secondary N) is 1. The van der Waals surface area contributed by atoms with E-state index in [0.29, 0.717) is 12.1 Å². The number of halogens is 2. The Morgan fingerprint density at radius 3 is 2.76 bits per heavy atom. The second-order valence-corrected chi connectivity index (χ2v) is 4.60. The van der Waals surface area contributed by atoms with E-state index in [1.807, 2.05) is 6.92 Å². The summed E-state index contributed by atoms with van der Waals surface area (Å²) in [5, 5.41) is 2.33. The molecule has 1 heterocycles. The number of rotatable bonds is 4. The predicted octanol–water partition coefficient (Wildman–Crippen LogP) is 3.15. The molecule has 0 aliphatic heterocycles. The van der Waals surface area contributed by atoms with Gasteiger partial charge in [0.25, 0.3) is 5.91 Å². The van der Waals surface area contributed by atoms with Crippen LogP contribution in [0.1, 0.15) is 29.4 Å². The zero-order valence-electron chi connectivity index (χ0n) is 11.5. The van der Waals surface area contributed by atoms with Gasteiger partial charge in [-0.25, -0.2) is 13.8 Å². The number of nitrogen functional groups attached to an aromatic ring is 1. The first-order valence-electron chi connectivity index (χ1n) is 6.52. The summed E-state index contributed by atoms with van der Waals surface area (Å²) in [5.41, 5.74) is 6.38. The van der Waals surface area contributed by atoms with Gasteiger partial charge in [-0.05, 0) is 30.7 Å². The molecule has 0 saturated carbocycles. The van der Waals surface area contributed by atoms with E-state index in [2.05, 4.69) is 10.3 Å². The van der Waals surface area contributed by atoms with Gasteiger partial charge in [0.05, 0.1) is 5.69 Å². The molecule has 2 rings (SSSR count). The molecule has 0 spiro atoms. The van der Waals surface area contributed by atoms with Gasteiger partial charge in [0.2, 0.25) is 0 Å². The molecule has 0 fully saturated rings. The van der Waals surface area contributed by atoms with E-state index in [-0.39, 0.29) is 17.1 Å². The summed E-state index contributed by atoms with van der Waals surface area (Å²) < 4.78 is 26.6. The second kappa shape index (κ2) is 6.30. The van der Waals surface area contributed by atoms with E-state index < -0.39 is 17.5 Å². The van der Waals surface area contributed by atoms with Crippen molar-refractivity contribution in [3.05, 3.63) is 53.2 Å². The largest absolute Gasteiger partial charge is 0.384 e. The Labute approximate surface area is 121 Å². The zero-order valence-corrected chi connectivity index (χ0v) is 11.5. The fourth-order valence-electron chi connectivity index (χ4n) is 1.91. The molecule has 0 aliphatic carbocycles. The number of aryl methyl sites for hydroxylation is 1. The van der Waals surface area contributed by atoms with E-state index in [1.54, 1.807) is 6.07 Å². The maximum atomic E-state index is 13.5. The third kappa shape index (κ3) is 3.75. The lowest BCUT2D eigenvalue weighted by atomic mass is 10.1. The van der Waals surface area contributed by atoms with Gasteiger partial charge in [0.15, 0.2) is 0 Å². The predicted molar refractivity (Wildman–Crippen MR) is 77.0 cm³/mol. The van der Waals surface area contributed by atoms with Gasteiger partial charge >= 0.3 is 0 Å². The van der Waals surface area contributed by atoms with Crippen LogP contribution in [-0.2, 0) is 6.42 Å². The lowest BCUT2D eigenvalue weighted by Crippen LogP contribution is -2.14. The van der Waals surface area contributed by atoms with Crippen molar-refractivity contribution in [1.29, 1.82) is 0 Å². The number of pyridine rings is 1. The minimum Gasteiger partial charge on any atom is -0.384 e. The van der Waals surface area contributed by atoms with Gasteiger partial charge in [-0.15, -0.1) is 0 Å². The topological polar surface area (TPSA) is 68.0 Å². The molecule has 3 N–H and O–H groups in total. The second-order valence-electron chi connectivity index (χ2n) is 4.60. The van der Waals surface area contributed by atoms with Crippen molar-refractivity contribution in [2.24, 2.45) is 0 Å². The van der Waals surface area contributed by atoms with Crippen LogP contribution in [0.2, 0.25) is 0 Å². The number of carbonyl (C=O) groups excluding carboxylic acids is 1. The molecule has 1 aromatic carbocycles. The Bertz CT molecular complexity index is 674. The summed E-state index contributed by atoms with van der Waals surface area (Å²) >= 11 is 0. The van der Waals surface area contributed by atoms with E-state index >= 15 is 0 Å². The van der Waals surface area contributed by atoms with Crippen molar-refractivity contribution in [2.45, 2.75) is 19.8 Å². The van der Waals surface area contributed by atoms with E-state index in [4.69, 9.17) is 5.73 Å². The number of aromatic nitrogens is 1. The monoisotopic (exact) mass is 291 g/mol. The molecule has 1 aromatic heterocycles. The molecule has 0 bridgehead atoms. The average molecular weight is 291 g/mol. The minimum absolute atomic E-state index is 0.214. The molecule has 6 heteroatoms. The van der Waals surface area contributed by atoms with E-state index in [0.717, 1.165) is 24.6 Å². The van der Waals surface area contributed by atoms with Gasteiger partial charge in [-0.2, -0.15) is 0 Å².